The molecule has 3 rings (SSSR count). The van der Waals surface area contributed by atoms with Crippen molar-refractivity contribution in [1.82, 2.24) is 9.62 Å². The summed E-state index contributed by atoms with van der Waals surface area (Å²) in [6, 6.07) is 25.0. The van der Waals surface area contributed by atoms with Gasteiger partial charge in [0.25, 0.3) is 5.91 Å². The summed E-state index contributed by atoms with van der Waals surface area (Å²) in [7, 11) is -2.08. The van der Waals surface area contributed by atoms with Gasteiger partial charge in [-0.3, -0.25) is 4.79 Å². The Morgan fingerprint density at radius 3 is 2.03 bits per heavy atom. The summed E-state index contributed by atoms with van der Waals surface area (Å²) in [6.45, 7) is 0.559. The number of carbonyl (C=O) groups is 1. The average Bonchev–Trinajstić information content (AvgIpc) is 2.78. The van der Waals surface area contributed by atoms with E-state index >= 15 is 0 Å². The summed E-state index contributed by atoms with van der Waals surface area (Å²) in [5.74, 6) is 0.174. The lowest BCUT2D eigenvalue weighted by molar-refractivity contribution is -0.123. The summed E-state index contributed by atoms with van der Waals surface area (Å²) in [5, 5.41) is 2.78. The van der Waals surface area contributed by atoms with Crippen LogP contribution in [0.1, 0.15) is 11.1 Å². The first-order chi connectivity index (χ1) is 14.4. The molecule has 0 radical (unpaired) electrons. The molecular formula is C23H24N2O4S. The van der Waals surface area contributed by atoms with Crippen LogP contribution in [0, 0.1) is 0 Å². The van der Waals surface area contributed by atoms with Crippen molar-refractivity contribution < 1.29 is 17.9 Å². The monoisotopic (exact) mass is 424 g/mol. The largest absolute Gasteiger partial charge is 0.484 e. The first-order valence-electron chi connectivity index (χ1n) is 9.49. The van der Waals surface area contributed by atoms with E-state index in [0.29, 0.717) is 12.3 Å². The van der Waals surface area contributed by atoms with Crippen LogP contribution in [-0.4, -0.2) is 32.3 Å². The third-order valence-electron chi connectivity index (χ3n) is 4.48. The van der Waals surface area contributed by atoms with Crippen molar-refractivity contribution in [3.05, 3.63) is 96.1 Å². The third kappa shape index (κ3) is 5.92. The smallest absolute Gasteiger partial charge is 0.258 e. The highest BCUT2D eigenvalue weighted by Gasteiger charge is 2.20. The fourth-order valence-electron chi connectivity index (χ4n) is 2.81. The van der Waals surface area contributed by atoms with Crippen LogP contribution < -0.4 is 10.1 Å². The number of ether oxygens (including phenoxy) is 1. The highest BCUT2D eigenvalue weighted by atomic mass is 32.2. The van der Waals surface area contributed by atoms with E-state index in [1.807, 2.05) is 60.7 Å². The Morgan fingerprint density at radius 2 is 1.43 bits per heavy atom. The lowest BCUT2D eigenvalue weighted by Crippen LogP contribution is -2.28. The van der Waals surface area contributed by atoms with Gasteiger partial charge in [-0.1, -0.05) is 60.7 Å². The standard InChI is InChI=1S/C23H24N2O4S/c1-25(17-20-10-6-3-7-11-20)30(27,28)22-14-12-21(13-15-22)29-18-23(26)24-16-19-8-4-2-5-9-19/h2-15H,16-18H2,1H3,(H,24,26). The lowest BCUT2D eigenvalue weighted by Gasteiger charge is -2.17. The summed E-state index contributed by atoms with van der Waals surface area (Å²) in [4.78, 5) is 12.1. The first-order valence-corrected chi connectivity index (χ1v) is 10.9. The summed E-state index contributed by atoms with van der Waals surface area (Å²) in [5.41, 5.74) is 1.91. The van der Waals surface area contributed by atoms with Crippen LogP contribution in [0.2, 0.25) is 0 Å². The predicted molar refractivity (Wildman–Crippen MR) is 115 cm³/mol. The van der Waals surface area contributed by atoms with Gasteiger partial charge in [0, 0.05) is 20.1 Å². The molecular weight excluding hydrogens is 400 g/mol. The molecule has 0 saturated carbocycles. The molecule has 0 bridgehead atoms. The van der Waals surface area contributed by atoms with Crippen molar-refractivity contribution >= 4 is 15.9 Å². The van der Waals surface area contributed by atoms with Gasteiger partial charge in [0.05, 0.1) is 4.90 Å². The van der Waals surface area contributed by atoms with E-state index < -0.39 is 10.0 Å². The molecule has 3 aromatic rings. The minimum Gasteiger partial charge on any atom is -0.484 e. The fraction of sp³-hybridized carbons (Fsp3) is 0.174. The van der Waals surface area contributed by atoms with Gasteiger partial charge in [-0.15, -0.1) is 0 Å². The Bertz CT molecular complexity index is 1050. The Labute approximate surface area is 177 Å². The first kappa shape index (κ1) is 21.5. The molecule has 0 aliphatic heterocycles. The highest BCUT2D eigenvalue weighted by molar-refractivity contribution is 7.89. The maximum atomic E-state index is 12.8. The topological polar surface area (TPSA) is 75.7 Å². The van der Waals surface area contributed by atoms with E-state index in [2.05, 4.69) is 5.32 Å². The Kier molecular flexibility index (Phi) is 7.21. The van der Waals surface area contributed by atoms with E-state index in [1.165, 1.54) is 16.4 Å². The number of rotatable bonds is 9. The van der Waals surface area contributed by atoms with Crippen LogP contribution in [0.4, 0.5) is 0 Å². The van der Waals surface area contributed by atoms with E-state index in [0.717, 1.165) is 11.1 Å². The van der Waals surface area contributed by atoms with Gasteiger partial charge in [0.2, 0.25) is 10.0 Å². The molecule has 1 amide bonds. The number of sulfonamides is 1. The van der Waals surface area contributed by atoms with Crippen LogP contribution in [0.15, 0.2) is 89.8 Å². The second-order valence-electron chi connectivity index (χ2n) is 6.77. The summed E-state index contributed by atoms with van der Waals surface area (Å²) in [6.07, 6.45) is 0. The van der Waals surface area contributed by atoms with Gasteiger partial charge in [-0.05, 0) is 35.4 Å². The quantitative estimate of drug-likeness (QED) is 0.572. The van der Waals surface area contributed by atoms with Crippen molar-refractivity contribution in [1.29, 1.82) is 0 Å². The third-order valence-corrected chi connectivity index (χ3v) is 6.30. The molecule has 0 spiro atoms. The molecule has 30 heavy (non-hydrogen) atoms. The lowest BCUT2D eigenvalue weighted by atomic mass is 10.2. The van der Waals surface area contributed by atoms with Gasteiger partial charge in [-0.2, -0.15) is 4.31 Å². The highest BCUT2D eigenvalue weighted by Crippen LogP contribution is 2.20. The van der Waals surface area contributed by atoms with Crippen molar-refractivity contribution in [2.24, 2.45) is 0 Å². The van der Waals surface area contributed by atoms with Crippen LogP contribution in [0.5, 0.6) is 5.75 Å². The number of benzene rings is 3. The molecule has 0 aliphatic carbocycles. The van der Waals surface area contributed by atoms with Crippen LogP contribution in [0.3, 0.4) is 0 Å². The number of nitrogens with zero attached hydrogens (tertiary/aromatic N) is 1. The zero-order valence-corrected chi connectivity index (χ0v) is 17.5. The van der Waals surface area contributed by atoms with Crippen molar-refractivity contribution in [2.45, 2.75) is 18.0 Å². The van der Waals surface area contributed by atoms with E-state index in [4.69, 9.17) is 4.74 Å². The summed E-state index contributed by atoms with van der Waals surface area (Å²) < 4.78 is 32.3. The van der Waals surface area contributed by atoms with Crippen LogP contribution in [0.25, 0.3) is 0 Å². The molecule has 0 aromatic heterocycles. The number of carbonyl (C=O) groups excluding carboxylic acids is 1. The van der Waals surface area contributed by atoms with Gasteiger partial charge < -0.3 is 10.1 Å². The van der Waals surface area contributed by atoms with E-state index in [9.17, 15) is 13.2 Å². The Hall–Kier alpha value is -3.16. The SMILES string of the molecule is CN(Cc1ccccc1)S(=O)(=O)c1ccc(OCC(=O)NCc2ccccc2)cc1. The normalized spacial score (nSPS) is 11.3. The maximum Gasteiger partial charge on any atom is 0.258 e. The van der Waals surface area contributed by atoms with Gasteiger partial charge in [0.1, 0.15) is 5.75 Å². The second-order valence-corrected chi connectivity index (χ2v) is 8.81. The van der Waals surface area contributed by atoms with E-state index in [1.54, 1.807) is 19.2 Å². The second kappa shape index (κ2) is 10.0. The fourth-order valence-corrected chi connectivity index (χ4v) is 3.97. The molecule has 0 atom stereocenters. The minimum absolute atomic E-state index is 0.146. The number of nitrogens with one attached hydrogen (secondary N) is 1. The molecule has 0 fully saturated rings. The minimum atomic E-state index is -3.63. The average molecular weight is 425 g/mol. The van der Waals surface area contributed by atoms with Crippen LogP contribution in [-0.2, 0) is 27.9 Å². The number of hydrogen-bond acceptors (Lipinski definition) is 4. The molecule has 3 aromatic carbocycles. The molecule has 0 aliphatic rings. The van der Waals surface area contributed by atoms with Crippen molar-refractivity contribution in [3.8, 4) is 5.75 Å². The number of amides is 1. The molecule has 7 heteroatoms. The van der Waals surface area contributed by atoms with Gasteiger partial charge >= 0.3 is 0 Å². The summed E-state index contributed by atoms with van der Waals surface area (Å²) >= 11 is 0. The van der Waals surface area contributed by atoms with Crippen molar-refractivity contribution in [2.75, 3.05) is 13.7 Å². The Balaban J connectivity index is 1.53. The zero-order valence-electron chi connectivity index (χ0n) is 16.7. The van der Waals surface area contributed by atoms with Crippen LogP contribution >= 0.6 is 0 Å². The molecule has 0 unspecified atom stereocenters. The number of hydrogen-bond donors (Lipinski definition) is 1. The molecule has 1 N–H and O–H groups in total. The predicted octanol–water partition coefficient (Wildman–Crippen LogP) is 3.20. The zero-order chi connectivity index (χ0) is 21.4. The van der Waals surface area contributed by atoms with Gasteiger partial charge in [0.15, 0.2) is 6.61 Å². The van der Waals surface area contributed by atoms with Gasteiger partial charge in [-0.25, -0.2) is 8.42 Å². The molecule has 156 valence electrons. The Morgan fingerprint density at radius 1 is 0.867 bits per heavy atom. The maximum absolute atomic E-state index is 12.8. The molecule has 6 nitrogen and oxygen atoms in total. The molecule has 0 heterocycles. The van der Waals surface area contributed by atoms with E-state index in [-0.39, 0.29) is 24.0 Å². The molecule has 0 saturated heterocycles. The van der Waals surface area contributed by atoms with Crippen molar-refractivity contribution in [3.63, 3.8) is 0 Å².